The van der Waals surface area contributed by atoms with Crippen molar-refractivity contribution in [2.24, 2.45) is 0 Å². The summed E-state index contributed by atoms with van der Waals surface area (Å²) in [7, 11) is -4.10. The third-order valence-electron chi connectivity index (χ3n) is 4.38. The molecule has 1 atom stereocenters. The number of ether oxygens (including phenoxy) is 1. The second-order valence-electron chi connectivity index (χ2n) is 6.99. The van der Waals surface area contributed by atoms with Gasteiger partial charge in [-0.1, -0.05) is 35.9 Å². The predicted molar refractivity (Wildman–Crippen MR) is 120 cm³/mol. The summed E-state index contributed by atoms with van der Waals surface area (Å²) in [5, 5.41) is 4.32. The van der Waals surface area contributed by atoms with Gasteiger partial charge in [0.25, 0.3) is 10.0 Å². The molecule has 2 aromatic carbocycles. The minimum absolute atomic E-state index is 0.0271. The summed E-state index contributed by atoms with van der Waals surface area (Å²) in [6, 6.07) is 15.6. The Morgan fingerprint density at radius 3 is 2.48 bits per heavy atom. The number of amides is 1. The predicted octanol–water partition coefficient (Wildman–Crippen LogP) is 3.97. The molecule has 31 heavy (non-hydrogen) atoms. The fourth-order valence-electron chi connectivity index (χ4n) is 2.82. The molecule has 3 rings (SSSR count). The van der Waals surface area contributed by atoms with Gasteiger partial charge < -0.3 is 10.1 Å². The number of benzene rings is 2. The zero-order valence-corrected chi connectivity index (χ0v) is 18.8. The molecule has 0 fully saturated rings. The van der Waals surface area contributed by atoms with E-state index in [1.54, 1.807) is 18.4 Å². The zero-order chi connectivity index (χ0) is 22.4. The van der Waals surface area contributed by atoms with E-state index < -0.39 is 28.3 Å². The number of sulfonamides is 1. The van der Waals surface area contributed by atoms with Crippen LogP contribution in [0.1, 0.15) is 12.5 Å². The summed E-state index contributed by atoms with van der Waals surface area (Å²) >= 11 is 1.00. The molecule has 0 saturated heterocycles. The lowest BCUT2D eigenvalue weighted by atomic mass is 10.2. The van der Waals surface area contributed by atoms with Crippen LogP contribution in [0.4, 0.5) is 10.1 Å². The van der Waals surface area contributed by atoms with Crippen LogP contribution in [0.3, 0.4) is 0 Å². The van der Waals surface area contributed by atoms with Crippen LogP contribution in [-0.2, 0) is 14.8 Å². The molecule has 1 N–H and O–H groups in total. The van der Waals surface area contributed by atoms with Gasteiger partial charge in [0.05, 0.1) is 11.7 Å². The first-order chi connectivity index (χ1) is 14.8. The van der Waals surface area contributed by atoms with Crippen LogP contribution in [0.15, 0.2) is 70.3 Å². The molecule has 1 unspecified atom stereocenters. The average Bonchev–Trinajstić information content (AvgIpc) is 3.28. The number of nitrogens with one attached hydrogen (secondary N) is 1. The molecule has 1 aromatic heterocycles. The van der Waals surface area contributed by atoms with Crippen LogP contribution in [-0.4, -0.2) is 33.5 Å². The van der Waals surface area contributed by atoms with E-state index in [1.807, 2.05) is 31.2 Å². The van der Waals surface area contributed by atoms with E-state index in [4.69, 9.17) is 4.74 Å². The van der Waals surface area contributed by atoms with Gasteiger partial charge in [-0.2, -0.15) is 0 Å². The number of rotatable bonds is 9. The molecule has 164 valence electrons. The molecule has 1 heterocycles. The minimum Gasteiger partial charge on any atom is -0.491 e. The largest absolute Gasteiger partial charge is 0.491 e. The van der Waals surface area contributed by atoms with Crippen molar-refractivity contribution in [3.63, 3.8) is 0 Å². The van der Waals surface area contributed by atoms with E-state index in [2.05, 4.69) is 5.32 Å². The quantitative estimate of drug-likeness (QED) is 0.522. The number of aryl methyl sites for hydroxylation is 1. The van der Waals surface area contributed by atoms with E-state index in [-0.39, 0.29) is 22.5 Å². The number of nitrogens with zero attached hydrogens (tertiary/aromatic N) is 1. The van der Waals surface area contributed by atoms with E-state index in [1.165, 1.54) is 24.3 Å². The second kappa shape index (κ2) is 9.93. The number of para-hydroxylation sites is 1. The maximum absolute atomic E-state index is 14.4. The molecule has 3 aromatic rings. The van der Waals surface area contributed by atoms with Crippen molar-refractivity contribution in [2.75, 3.05) is 17.5 Å². The minimum atomic E-state index is -4.10. The van der Waals surface area contributed by atoms with Crippen molar-refractivity contribution in [1.82, 2.24) is 5.32 Å². The van der Waals surface area contributed by atoms with Gasteiger partial charge in [0.1, 0.15) is 28.9 Å². The summed E-state index contributed by atoms with van der Waals surface area (Å²) in [6.07, 6.45) is 0. The molecule has 0 aliphatic carbocycles. The van der Waals surface area contributed by atoms with Crippen LogP contribution in [0.2, 0.25) is 0 Å². The SMILES string of the molecule is Cc1ccc(OCC(C)NC(=O)CN(c2ccccc2F)S(=O)(=O)c2cccs2)cc1. The molecule has 9 heteroatoms. The third-order valence-corrected chi connectivity index (χ3v) is 7.51. The van der Waals surface area contributed by atoms with Crippen LogP contribution < -0.4 is 14.4 Å². The van der Waals surface area contributed by atoms with Crippen molar-refractivity contribution in [1.29, 1.82) is 0 Å². The van der Waals surface area contributed by atoms with Gasteiger partial charge in [0.2, 0.25) is 5.91 Å². The van der Waals surface area contributed by atoms with Gasteiger partial charge in [0, 0.05) is 0 Å². The number of carbonyl (C=O) groups is 1. The smallest absolute Gasteiger partial charge is 0.274 e. The molecule has 0 bridgehead atoms. The Bertz CT molecular complexity index is 1120. The van der Waals surface area contributed by atoms with Gasteiger partial charge in [-0.25, -0.2) is 12.8 Å². The first kappa shape index (κ1) is 22.8. The summed E-state index contributed by atoms with van der Waals surface area (Å²) in [5.41, 5.74) is 0.920. The number of hydrogen-bond acceptors (Lipinski definition) is 5. The summed E-state index contributed by atoms with van der Waals surface area (Å²) in [5.74, 6) is -0.630. The fraction of sp³-hybridized carbons (Fsp3) is 0.227. The van der Waals surface area contributed by atoms with E-state index in [9.17, 15) is 17.6 Å². The van der Waals surface area contributed by atoms with Crippen molar-refractivity contribution < 1.29 is 22.3 Å². The molecule has 0 saturated carbocycles. The highest BCUT2D eigenvalue weighted by Gasteiger charge is 2.30. The highest BCUT2D eigenvalue weighted by Crippen LogP contribution is 2.28. The standard InChI is InChI=1S/C22H23FN2O4S2/c1-16-9-11-18(12-10-16)29-15-17(2)24-21(26)14-25(20-7-4-3-6-19(20)23)31(27,28)22-8-5-13-30-22/h3-13,17H,14-15H2,1-2H3,(H,24,26). The number of thiophene rings is 1. The summed E-state index contributed by atoms with van der Waals surface area (Å²) in [6.45, 7) is 3.35. The van der Waals surface area contributed by atoms with Gasteiger partial charge in [-0.3, -0.25) is 9.10 Å². The topological polar surface area (TPSA) is 75.7 Å². The second-order valence-corrected chi connectivity index (χ2v) is 10.0. The van der Waals surface area contributed by atoms with Crippen molar-refractivity contribution in [3.05, 3.63) is 77.4 Å². The normalized spacial score (nSPS) is 12.2. The Hall–Kier alpha value is -2.91. The number of hydrogen-bond donors (Lipinski definition) is 1. The Balaban J connectivity index is 1.71. The lowest BCUT2D eigenvalue weighted by Crippen LogP contribution is -2.45. The maximum Gasteiger partial charge on any atom is 0.274 e. The van der Waals surface area contributed by atoms with Crippen LogP contribution >= 0.6 is 11.3 Å². The highest BCUT2D eigenvalue weighted by atomic mass is 32.2. The summed E-state index contributed by atoms with van der Waals surface area (Å²) < 4.78 is 47.0. The van der Waals surface area contributed by atoms with Crippen molar-refractivity contribution in [2.45, 2.75) is 24.1 Å². The Morgan fingerprint density at radius 2 is 1.84 bits per heavy atom. The van der Waals surface area contributed by atoms with Gasteiger partial charge >= 0.3 is 0 Å². The van der Waals surface area contributed by atoms with Crippen LogP contribution in [0, 0.1) is 12.7 Å². The monoisotopic (exact) mass is 462 g/mol. The van der Waals surface area contributed by atoms with E-state index in [0.717, 1.165) is 27.3 Å². The van der Waals surface area contributed by atoms with Gasteiger partial charge in [0.15, 0.2) is 0 Å². The molecular weight excluding hydrogens is 439 g/mol. The lowest BCUT2D eigenvalue weighted by molar-refractivity contribution is -0.120. The van der Waals surface area contributed by atoms with E-state index in [0.29, 0.717) is 5.75 Å². The first-order valence-corrected chi connectivity index (χ1v) is 11.9. The number of anilines is 1. The van der Waals surface area contributed by atoms with Crippen molar-refractivity contribution >= 4 is 33.0 Å². The van der Waals surface area contributed by atoms with Crippen molar-refractivity contribution in [3.8, 4) is 5.75 Å². The molecule has 0 spiro atoms. The molecule has 0 radical (unpaired) electrons. The Morgan fingerprint density at radius 1 is 1.13 bits per heavy atom. The number of halogens is 1. The lowest BCUT2D eigenvalue weighted by Gasteiger charge is -2.24. The molecule has 6 nitrogen and oxygen atoms in total. The number of carbonyl (C=O) groups excluding carboxylic acids is 1. The van der Waals surface area contributed by atoms with Gasteiger partial charge in [-0.15, -0.1) is 11.3 Å². The third kappa shape index (κ3) is 5.83. The molecule has 0 aliphatic heterocycles. The zero-order valence-electron chi connectivity index (χ0n) is 17.1. The first-order valence-electron chi connectivity index (χ1n) is 9.57. The van der Waals surface area contributed by atoms with Gasteiger partial charge in [-0.05, 0) is 49.6 Å². The Kier molecular flexibility index (Phi) is 7.29. The molecular formula is C22H23FN2O4S2. The molecule has 1 amide bonds. The van der Waals surface area contributed by atoms with Crippen LogP contribution in [0.25, 0.3) is 0 Å². The average molecular weight is 463 g/mol. The summed E-state index contributed by atoms with van der Waals surface area (Å²) in [4.78, 5) is 12.6. The fourth-order valence-corrected chi connectivity index (χ4v) is 5.35. The van der Waals surface area contributed by atoms with Crippen LogP contribution in [0.5, 0.6) is 5.75 Å². The van der Waals surface area contributed by atoms with E-state index >= 15 is 0 Å². The molecule has 0 aliphatic rings. The highest BCUT2D eigenvalue weighted by molar-refractivity contribution is 7.94. The Labute approximate surface area is 185 Å². The maximum atomic E-state index is 14.4.